The van der Waals surface area contributed by atoms with Crippen LogP contribution in [0.15, 0.2) is 6.33 Å². The minimum Gasteiger partial charge on any atom is -0.505 e. The average molecular weight is 349 g/mol. The summed E-state index contributed by atoms with van der Waals surface area (Å²) < 4.78 is 1.38. The SMILES string of the molecule is CCCc1c(Cl)c(O)c(C(=O)NCC(=O)O)c2ncnn12.Cl. The van der Waals surface area contributed by atoms with E-state index in [4.69, 9.17) is 16.7 Å². The Hall–Kier alpha value is -2.06. The highest BCUT2D eigenvalue weighted by atomic mass is 35.5. The maximum atomic E-state index is 12.0. The van der Waals surface area contributed by atoms with E-state index >= 15 is 0 Å². The number of aliphatic carboxylic acids is 1. The van der Waals surface area contributed by atoms with E-state index in [9.17, 15) is 14.7 Å². The van der Waals surface area contributed by atoms with Crippen LogP contribution in [-0.4, -0.2) is 43.2 Å². The van der Waals surface area contributed by atoms with E-state index in [1.807, 2.05) is 6.92 Å². The lowest BCUT2D eigenvalue weighted by atomic mass is 10.1. The van der Waals surface area contributed by atoms with Crippen LogP contribution in [0.5, 0.6) is 5.75 Å². The van der Waals surface area contributed by atoms with Gasteiger partial charge in [0, 0.05) is 0 Å². The van der Waals surface area contributed by atoms with Crippen LogP contribution in [0.25, 0.3) is 5.65 Å². The van der Waals surface area contributed by atoms with Crippen molar-refractivity contribution in [2.24, 2.45) is 0 Å². The molecule has 0 aromatic carbocycles. The number of hydrogen-bond acceptors (Lipinski definition) is 5. The third-order valence-electron chi connectivity index (χ3n) is 2.84. The number of pyridine rings is 1. The molecular formula is C12H14Cl2N4O4. The summed E-state index contributed by atoms with van der Waals surface area (Å²) in [7, 11) is 0. The lowest BCUT2D eigenvalue weighted by Gasteiger charge is -2.12. The fourth-order valence-electron chi connectivity index (χ4n) is 1.96. The first kappa shape index (κ1) is 18.0. The van der Waals surface area contributed by atoms with Crippen LogP contribution in [-0.2, 0) is 11.2 Å². The van der Waals surface area contributed by atoms with Gasteiger partial charge in [0.2, 0.25) is 0 Å². The van der Waals surface area contributed by atoms with Crippen LogP contribution >= 0.6 is 24.0 Å². The molecule has 0 fully saturated rings. The largest absolute Gasteiger partial charge is 0.505 e. The smallest absolute Gasteiger partial charge is 0.322 e. The number of halogens is 2. The number of aromatic hydroxyl groups is 1. The number of fused-ring (bicyclic) bond motifs is 1. The molecule has 2 aromatic rings. The number of rotatable bonds is 5. The van der Waals surface area contributed by atoms with E-state index in [1.165, 1.54) is 10.8 Å². The second kappa shape index (κ2) is 7.28. The monoisotopic (exact) mass is 348 g/mol. The molecule has 0 spiro atoms. The van der Waals surface area contributed by atoms with Crippen LogP contribution in [0.4, 0.5) is 0 Å². The summed E-state index contributed by atoms with van der Waals surface area (Å²) in [6.07, 6.45) is 2.54. The van der Waals surface area contributed by atoms with Crippen molar-refractivity contribution in [1.82, 2.24) is 19.9 Å². The Bertz CT molecular complexity index is 717. The van der Waals surface area contributed by atoms with Crippen molar-refractivity contribution in [1.29, 1.82) is 0 Å². The molecule has 3 N–H and O–H groups in total. The highest BCUT2D eigenvalue weighted by Crippen LogP contribution is 2.33. The third kappa shape index (κ3) is 3.23. The number of aromatic nitrogens is 3. The molecule has 10 heteroatoms. The lowest BCUT2D eigenvalue weighted by Crippen LogP contribution is -2.30. The Kier molecular flexibility index (Phi) is 5.95. The molecule has 0 aliphatic carbocycles. The van der Waals surface area contributed by atoms with Crippen LogP contribution in [0.1, 0.15) is 29.4 Å². The summed E-state index contributed by atoms with van der Waals surface area (Å²) in [6, 6.07) is 0. The zero-order chi connectivity index (χ0) is 15.6. The molecule has 0 aliphatic heterocycles. The molecule has 22 heavy (non-hydrogen) atoms. The van der Waals surface area contributed by atoms with Crippen molar-refractivity contribution >= 4 is 41.5 Å². The second-order valence-corrected chi connectivity index (χ2v) is 4.68. The maximum Gasteiger partial charge on any atom is 0.322 e. The van der Waals surface area contributed by atoms with Crippen molar-refractivity contribution in [2.75, 3.05) is 6.54 Å². The van der Waals surface area contributed by atoms with Gasteiger partial charge in [0.15, 0.2) is 11.4 Å². The summed E-state index contributed by atoms with van der Waals surface area (Å²) in [5, 5.41) is 24.9. The van der Waals surface area contributed by atoms with Gasteiger partial charge in [-0.1, -0.05) is 24.9 Å². The van der Waals surface area contributed by atoms with Crippen LogP contribution in [0, 0.1) is 0 Å². The summed E-state index contributed by atoms with van der Waals surface area (Å²) in [5.41, 5.74) is 0.473. The fraction of sp³-hybridized carbons (Fsp3) is 0.333. The van der Waals surface area contributed by atoms with E-state index < -0.39 is 24.2 Å². The van der Waals surface area contributed by atoms with Crippen LogP contribution < -0.4 is 5.32 Å². The van der Waals surface area contributed by atoms with E-state index in [0.29, 0.717) is 12.1 Å². The first-order chi connectivity index (χ1) is 9.97. The van der Waals surface area contributed by atoms with Crippen LogP contribution in [0.2, 0.25) is 5.02 Å². The Morgan fingerprint density at radius 3 is 2.73 bits per heavy atom. The average Bonchev–Trinajstić information content (AvgIpc) is 2.90. The number of hydrogen-bond donors (Lipinski definition) is 3. The molecule has 120 valence electrons. The first-order valence-electron chi connectivity index (χ1n) is 6.20. The van der Waals surface area contributed by atoms with Gasteiger partial charge in [0.05, 0.1) is 5.69 Å². The molecule has 8 nitrogen and oxygen atoms in total. The second-order valence-electron chi connectivity index (χ2n) is 4.31. The van der Waals surface area contributed by atoms with E-state index in [-0.39, 0.29) is 28.6 Å². The molecule has 0 radical (unpaired) electrons. The zero-order valence-corrected chi connectivity index (χ0v) is 13.1. The van der Waals surface area contributed by atoms with Crippen molar-refractivity contribution in [3.63, 3.8) is 0 Å². The van der Waals surface area contributed by atoms with Gasteiger partial charge in [-0.15, -0.1) is 12.4 Å². The van der Waals surface area contributed by atoms with E-state index in [2.05, 4.69) is 15.4 Å². The van der Waals surface area contributed by atoms with Crippen molar-refractivity contribution in [3.05, 3.63) is 22.6 Å². The number of carbonyl (C=O) groups excluding carboxylic acids is 1. The number of nitrogens with one attached hydrogen (secondary N) is 1. The quantitative estimate of drug-likeness (QED) is 0.749. The Labute approximate surface area is 136 Å². The zero-order valence-electron chi connectivity index (χ0n) is 11.5. The molecule has 0 atom stereocenters. The lowest BCUT2D eigenvalue weighted by molar-refractivity contribution is -0.135. The predicted octanol–water partition coefficient (Wildman–Crippen LogP) is 1.28. The number of aryl methyl sites for hydroxylation is 1. The molecular weight excluding hydrogens is 335 g/mol. The maximum absolute atomic E-state index is 12.0. The highest BCUT2D eigenvalue weighted by Gasteiger charge is 2.24. The molecule has 0 unspecified atom stereocenters. The van der Waals surface area contributed by atoms with Gasteiger partial charge in [-0.3, -0.25) is 9.59 Å². The van der Waals surface area contributed by atoms with Gasteiger partial charge < -0.3 is 15.5 Å². The highest BCUT2D eigenvalue weighted by molar-refractivity contribution is 6.33. The molecule has 0 saturated carbocycles. The molecule has 0 bridgehead atoms. The number of carbonyl (C=O) groups is 2. The Balaban J connectivity index is 0.00000242. The Morgan fingerprint density at radius 1 is 1.45 bits per heavy atom. The normalized spacial score (nSPS) is 10.3. The number of nitrogens with zero attached hydrogens (tertiary/aromatic N) is 3. The van der Waals surface area contributed by atoms with E-state index in [0.717, 1.165) is 6.42 Å². The number of carboxylic acid groups (broad SMARTS) is 1. The Morgan fingerprint density at radius 2 is 2.14 bits per heavy atom. The molecule has 0 saturated heterocycles. The minimum atomic E-state index is -1.20. The van der Waals surface area contributed by atoms with Gasteiger partial charge in [-0.05, 0) is 6.42 Å². The molecule has 2 rings (SSSR count). The van der Waals surface area contributed by atoms with Crippen LogP contribution in [0.3, 0.4) is 0 Å². The topological polar surface area (TPSA) is 117 Å². The standard InChI is InChI=1S/C12H13ClN4O4.ClH/c1-2-3-6-9(13)10(20)8(11-15-5-16-17(6)11)12(21)14-4-7(18)19;/h5,20H,2-4H2,1H3,(H,14,21)(H,18,19);1H. The summed E-state index contributed by atoms with van der Waals surface area (Å²) in [4.78, 5) is 26.5. The van der Waals surface area contributed by atoms with Gasteiger partial charge >= 0.3 is 5.97 Å². The summed E-state index contributed by atoms with van der Waals surface area (Å²) in [6.45, 7) is 1.36. The van der Waals surface area contributed by atoms with Gasteiger partial charge in [-0.2, -0.15) is 5.10 Å². The molecule has 2 heterocycles. The molecule has 1 amide bonds. The minimum absolute atomic E-state index is 0. The first-order valence-corrected chi connectivity index (χ1v) is 6.58. The van der Waals surface area contributed by atoms with Gasteiger partial charge in [-0.25, -0.2) is 9.50 Å². The molecule has 2 aromatic heterocycles. The van der Waals surface area contributed by atoms with Gasteiger partial charge in [0.1, 0.15) is 23.5 Å². The number of amides is 1. The fourth-order valence-corrected chi connectivity index (χ4v) is 2.23. The predicted molar refractivity (Wildman–Crippen MR) is 80.9 cm³/mol. The third-order valence-corrected chi connectivity index (χ3v) is 3.24. The summed E-state index contributed by atoms with van der Waals surface area (Å²) in [5.74, 6) is -2.41. The van der Waals surface area contributed by atoms with E-state index in [1.54, 1.807) is 0 Å². The summed E-state index contributed by atoms with van der Waals surface area (Å²) >= 11 is 6.08. The van der Waals surface area contributed by atoms with Crippen molar-refractivity contribution < 1.29 is 19.8 Å². The van der Waals surface area contributed by atoms with Gasteiger partial charge in [0.25, 0.3) is 5.91 Å². The molecule has 0 aliphatic rings. The van der Waals surface area contributed by atoms with Crippen molar-refractivity contribution in [2.45, 2.75) is 19.8 Å². The number of carboxylic acids is 1. The van der Waals surface area contributed by atoms with Crippen molar-refractivity contribution in [3.8, 4) is 5.75 Å².